The summed E-state index contributed by atoms with van der Waals surface area (Å²) in [6.45, 7) is 0. The first kappa shape index (κ1) is 16.9. The maximum atomic E-state index is 10.7. The van der Waals surface area contributed by atoms with Gasteiger partial charge in [-0.1, -0.05) is 19.3 Å². The molecule has 0 spiro atoms. The molecule has 0 radical (unpaired) electrons. The molecule has 0 saturated heterocycles. The van der Waals surface area contributed by atoms with Gasteiger partial charge >= 0.3 is 23.9 Å². The highest BCUT2D eigenvalue weighted by atomic mass is 16.4. The average molecular weight is 276 g/mol. The molecule has 1 aliphatic rings. The molecular weight excluding hydrogens is 260 g/mol. The van der Waals surface area contributed by atoms with E-state index in [1.54, 1.807) is 0 Å². The maximum Gasteiger partial charge on any atom is 0.321 e. The summed E-state index contributed by atoms with van der Waals surface area (Å²) in [6.07, 6.45) is 2.11. The third-order valence-electron chi connectivity index (χ3n) is 2.83. The molecule has 0 bridgehead atoms. The molecule has 19 heavy (non-hydrogen) atoms. The van der Waals surface area contributed by atoms with Gasteiger partial charge in [0, 0.05) is 0 Å². The summed E-state index contributed by atoms with van der Waals surface area (Å²) in [4.78, 5) is 40.3. The molecule has 8 nitrogen and oxygen atoms in total. The van der Waals surface area contributed by atoms with Crippen LogP contribution in [0.5, 0.6) is 0 Å². The van der Waals surface area contributed by atoms with E-state index in [1.807, 2.05) is 0 Å². The molecular formula is C11H16O8. The summed E-state index contributed by atoms with van der Waals surface area (Å²) in [5, 5.41) is 33.0. The lowest BCUT2D eigenvalue weighted by Crippen LogP contribution is -2.40. The topological polar surface area (TPSA) is 149 Å². The zero-order chi connectivity index (χ0) is 15.1. The van der Waals surface area contributed by atoms with Crippen molar-refractivity contribution < 1.29 is 39.6 Å². The molecule has 1 aliphatic carbocycles. The Morgan fingerprint density at radius 1 is 0.737 bits per heavy atom. The van der Waals surface area contributed by atoms with Crippen LogP contribution in [0.25, 0.3) is 0 Å². The third-order valence-corrected chi connectivity index (χ3v) is 2.83. The summed E-state index contributed by atoms with van der Waals surface area (Å²) in [7, 11) is 0. The molecule has 4 N–H and O–H groups in total. The van der Waals surface area contributed by atoms with Crippen LogP contribution in [0.2, 0.25) is 0 Å². The Hall–Kier alpha value is -2.12. The zero-order valence-corrected chi connectivity index (χ0v) is 10.2. The highest BCUT2D eigenvalue weighted by Crippen LogP contribution is 2.36. The fraction of sp³-hybridized carbons (Fsp3) is 0.636. The van der Waals surface area contributed by atoms with E-state index in [9.17, 15) is 19.2 Å². The predicted molar refractivity (Wildman–Crippen MR) is 60.7 cm³/mol. The second kappa shape index (κ2) is 7.34. The Balaban J connectivity index is 0.000000399. The Kier molecular flexibility index (Phi) is 6.53. The monoisotopic (exact) mass is 276 g/mol. The summed E-state index contributed by atoms with van der Waals surface area (Å²) in [5.74, 6) is -5.00. The molecule has 0 amide bonds. The predicted octanol–water partition coefficient (Wildman–Crippen LogP) is 0.652. The summed E-state index contributed by atoms with van der Waals surface area (Å²) < 4.78 is 0. The van der Waals surface area contributed by atoms with Gasteiger partial charge in [-0.25, -0.2) is 0 Å². The number of carboxylic acids is 4. The third kappa shape index (κ3) is 5.36. The molecule has 0 aromatic rings. The second-order valence-corrected chi connectivity index (χ2v) is 4.22. The summed E-state index contributed by atoms with van der Waals surface area (Å²) >= 11 is 0. The number of carbonyl (C=O) groups is 4. The summed E-state index contributed by atoms with van der Waals surface area (Å²) in [6, 6.07) is 0. The molecule has 0 heterocycles. The van der Waals surface area contributed by atoms with Crippen LogP contribution in [-0.4, -0.2) is 44.3 Å². The molecule has 0 atom stereocenters. The fourth-order valence-corrected chi connectivity index (χ4v) is 1.80. The average Bonchev–Trinajstić information content (AvgIpc) is 2.28. The van der Waals surface area contributed by atoms with Crippen LogP contribution in [-0.2, 0) is 19.2 Å². The van der Waals surface area contributed by atoms with E-state index < -0.39 is 35.7 Å². The van der Waals surface area contributed by atoms with Crippen molar-refractivity contribution in [2.75, 3.05) is 0 Å². The van der Waals surface area contributed by atoms with Crippen molar-refractivity contribution >= 4 is 23.9 Å². The lowest BCUT2D eigenvalue weighted by Gasteiger charge is -2.28. The highest BCUT2D eigenvalue weighted by Gasteiger charge is 2.46. The van der Waals surface area contributed by atoms with Crippen molar-refractivity contribution in [3.8, 4) is 0 Å². The maximum absolute atomic E-state index is 10.7. The van der Waals surface area contributed by atoms with Crippen molar-refractivity contribution in [3.63, 3.8) is 0 Å². The van der Waals surface area contributed by atoms with Gasteiger partial charge in [-0.3, -0.25) is 19.2 Å². The molecule has 0 aromatic heterocycles. The standard InChI is InChI=1S/C8H12O4.C3H4O4/c9-6(10)8(7(11)12)4-2-1-3-5-8;4-2(5)1-3(6)7/h1-5H2,(H,9,10)(H,11,12);1H2,(H,4,5)(H,6,7). The number of hydrogen-bond donors (Lipinski definition) is 4. The first-order valence-corrected chi connectivity index (χ1v) is 5.63. The number of rotatable bonds is 4. The largest absolute Gasteiger partial charge is 0.481 e. The number of hydrogen-bond acceptors (Lipinski definition) is 4. The van der Waals surface area contributed by atoms with Crippen molar-refractivity contribution in [2.24, 2.45) is 5.41 Å². The van der Waals surface area contributed by atoms with Crippen LogP contribution in [0.15, 0.2) is 0 Å². The SMILES string of the molecule is O=C(O)C1(C(=O)O)CCCCC1.O=C(O)CC(=O)O. The quantitative estimate of drug-likeness (QED) is 0.546. The number of aliphatic carboxylic acids is 4. The van der Waals surface area contributed by atoms with Crippen LogP contribution in [0.4, 0.5) is 0 Å². The van der Waals surface area contributed by atoms with Gasteiger partial charge in [0.25, 0.3) is 0 Å². The fourth-order valence-electron chi connectivity index (χ4n) is 1.80. The van der Waals surface area contributed by atoms with Gasteiger partial charge < -0.3 is 20.4 Å². The minimum Gasteiger partial charge on any atom is -0.481 e. The van der Waals surface area contributed by atoms with Gasteiger partial charge in [0.05, 0.1) is 0 Å². The zero-order valence-electron chi connectivity index (χ0n) is 10.2. The minimum absolute atomic E-state index is 0.275. The van der Waals surface area contributed by atoms with Crippen LogP contribution >= 0.6 is 0 Å². The van der Waals surface area contributed by atoms with Gasteiger partial charge in [0.2, 0.25) is 0 Å². The van der Waals surface area contributed by atoms with E-state index >= 15 is 0 Å². The molecule has 0 aromatic carbocycles. The smallest absolute Gasteiger partial charge is 0.321 e. The Morgan fingerprint density at radius 3 is 1.26 bits per heavy atom. The van der Waals surface area contributed by atoms with Crippen LogP contribution < -0.4 is 0 Å². The highest BCUT2D eigenvalue weighted by molar-refractivity contribution is 5.98. The van der Waals surface area contributed by atoms with Gasteiger partial charge in [0.1, 0.15) is 6.42 Å². The van der Waals surface area contributed by atoms with E-state index in [2.05, 4.69) is 0 Å². The molecule has 0 unspecified atom stereocenters. The van der Waals surface area contributed by atoms with Crippen LogP contribution in [0.1, 0.15) is 38.5 Å². The summed E-state index contributed by atoms with van der Waals surface area (Å²) in [5.41, 5.74) is -1.49. The lowest BCUT2D eigenvalue weighted by atomic mass is 9.74. The van der Waals surface area contributed by atoms with Crippen LogP contribution in [0, 0.1) is 5.41 Å². The minimum atomic E-state index is -1.49. The van der Waals surface area contributed by atoms with Crippen LogP contribution in [0.3, 0.4) is 0 Å². The van der Waals surface area contributed by atoms with Gasteiger partial charge in [-0.15, -0.1) is 0 Å². The Morgan fingerprint density at radius 2 is 1.11 bits per heavy atom. The van der Waals surface area contributed by atoms with Gasteiger partial charge in [-0.2, -0.15) is 0 Å². The van der Waals surface area contributed by atoms with E-state index in [4.69, 9.17) is 20.4 Å². The molecule has 1 fully saturated rings. The molecule has 1 saturated carbocycles. The van der Waals surface area contributed by atoms with E-state index in [1.165, 1.54) is 0 Å². The van der Waals surface area contributed by atoms with Crippen molar-refractivity contribution in [2.45, 2.75) is 38.5 Å². The normalized spacial score (nSPS) is 16.6. The molecule has 1 rings (SSSR count). The van der Waals surface area contributed by atoms with Gasteiger partial charge in [0.15, 0.2) is 5.41 Å². The van der Waals surface area contributed by atoms with Crippen molar-refractivity contribution in [1.82, 2.24) is 0 Å². The lowest BCUT2D eigenvalue weighted by molar-refractivity contribution is -0.167. The molecule has 0 aliphatic heterocycles. The van der Waals surface area contributed by atoms with E-state index in [0.717, 1.165) is 6.42 Å². The first-order chi connectivity index (χ1) is 8.72. The van der Waals surface area contributed by atoms with Gasteiger partial charge in [-0.05, 0) is 12.8 Å². The first-order valence-electron chi connectivity index (χ1n) is 5.63. The molecule has 108 valence electrons. The van der Waals surface area contributed by atoms with E-state index in [-0.39, 0.29) is 12.8 Å². The number of carboxylic acid groups (broad SMARTS) is 4. The Labute approximate surface area is 108 Å². The Bertz CT molecular complexity index is 339. The van der Waals surface area contributed by atoms with E-state index in [0.29, 0.717) is 12.8 Å². The van der Waals surface area contributed by atoms with Crippen molar-refractivity contribution in [1.29, 1.82) is 0 Å². The molecule has 8 heteroatoms. The van der Waals surface area contributed by atoms with Crippen molar-refractivity contribution in [3.05, 3.63) is 0 Å². The second-order valence-electron chi connectivity index (χ2n) is 4.22.